The lowest BCUT2D eigenvalue weighted by Gasteiger charge is -2.21. The molecule has 0 fully saturated rings. The van der Waals surface area contributed by atoms with Gasteiger partial charge < -0.3 is 4.74 Å². The summed E-state index contributed by atoms with van der Waals surface area (Å²) in [5.41, 5.74) is 8.35. The van der Waals surface area contributed by atoms with Crippen LogP contribution in [0.1, 0.15) is 77.0 Å². The molecule has 3 aromatic heterocycles. The van der Waals surface area contributed by atoms with Gasteiger partial charge in [-0.25, -0.2) is 4.98 Å². The highest BCUT2D eigenvalue weighted by atomic mass is 35.5. The first-order chi connectivity index (χ1) is 24.0. The quantitative estimate of drug-likeness (QED) is 0.173. The Hall–Kier alpha value is -4.64. The lowest BCUT2D eigenvalue weighted by molar-refractivity contribution is 0.483. The molecule has 0 atom stereocenters. The monoisotopic (exact) mass is 692 g/mol. The van der Waals surface area contributed by atoms with Gasteiger partial charge in [0.15, 0.2) is 0 Å². The first kappa shape index (κ1) is 32.6. The number of nitrogens with zero attached hydrogens (tertiary/aromatic N) is 2. The van der Waals surface area contributed by atoms with E-state index in [9.17, 15) is 0 Å². The molecule has 0 aliphatic heterocycles. The highest BCUT2D eigenvalue weighted by Crippen LogP contribution is 2.45. The van der Waals surface area contributed by atoms with Crippen molar-refractivity contribution in [2.45, 2.75) is 65.7 Å². The number of aromatic nitrogens is 2. The molecule has 0 N–H and O–H groups in total. The predicted molar refractivity (Wildman–Crippen MR) is 215 cm³/mol. The molecule has 0 saturated heterocycles. The fourth-order valence-electron chi connectivity index (χ4n) is 7.37. The Morgan fingerprint density at radius 3 is 2.18 bits per heavy atom. The lowest BCUT2D eigenvalue weighted by atomic mass is 9.85. The first-order valence-electron chi connectivity index (χ1n) is 17.4. The van der Waals surface area contributed by atoms with E-state index in [2.05, 4.69) is 150 Å². The summed E-state index contributed by atoms with van der Waals surface area (Å²) >= 11 is 8.69. The minimum absolute atomic E-state index is 0.0165. The second-order valence-corrected chi connectivity index (χ2v) is 16.5. The summed E-state index contributed by atoms with van der Waals surface area (Å²) in [5.74, 6) is 3.09. The molecule has 0 unspecified atom stereocenters. The molecule has 0 aliphatic rings. The highest BCUT2D eigenvalue weighted by Gasteiger charge is 2.22. The van der Waals surface area contributed by atoms with E-state index in [4.69, 9.17) is 21.3 Å². The topological polar surface area (TPSA) is 27.1 Å². The van der Waals surface area contributed by atoms with Gasteiger partial charge in [-0.1, -0.05) is 103 Å². The Kier molecular flexibility index (Phi) is 8.01. The van der Waals surface area contributed by atoms with Gasteiger partial charge in [0.1, 0.15) is 17.3 Å². The number of ether oxygens (including phenoxy) is 1. The van der Waals surface area contributed by atoms with Gasteiger partial charge in [-0.2, -0.15) is 0 Å². The third-order valence-corrected chi connectivity index (χ3v) is 11.3. The molecule has 0 radical (unpaired) electrons. The van der Waals surface area contributed by atoms with Gasteiger partial charge in [0.25, 0.3) is 0 Å². The second kappa shape index (κ2) is 12.3. The van der Waals surface area contributed by atoms with Gasteiger partial charge in [0.05, 0.1) is 11.0 Å². The van der Waals surface area contributed by atoms with Crippen molar-refractivity contribution in [2.75, 3.05) is 0 Å². The normalized spacial score (nSPS) is 12.4. The van der Waals surface area contributed by atoms with E-state index in [1.54, 1.807) is 0 Å². The number of pyridine rings is 1. The summed E-state index contributed by atoms with van der Waals surface area (Å²) < 4.78 is 11.6. The van der Waals surface area contributed by atoms with Gasteiger partial charge in [0.2, 0.25) is 0 Å². The third-order valence-electron chi connectivity index (χ3n) is 9.85. The Balaban J connectivity index is 1.33. The summed E-state index contributed by atoms with van der Waals surface area (Å²) in [6.07, 6.45) is 1.93. The molecule has 0 bridgehead atoms. The average molecular weight is 693 g/mol. The zero-order valence-corrected chi connectivity index (χ0v) is 31.2. The number of benzene rings is 5. The third kappa shape index (κ3) is 5.55. The molecule has 8 aromatic rings. The summed E-state index contributed by atoms with van der Waals surface area (Å²) in [7, 11) is 0. The molecule has 0 saturated carbocycles. The summed E-state index contributed by atoms with van der Waals surface area (Å²) in [6, 6.07) is 36.7. The largest absolute Gasteiger partial charge is 0.457 e. The summed E-state index contributed by atoms with van der Waals surface area (Å²) in [6.45, 7) is 15.7. The van der Waals surface area contributed by atoms with Crippen molar-refractivity contribution in [2.24, 2.45) is 0 Å². The van der Waals surface area contributed by atoms with Gasteiger partial charge in [-0.15, -0.1) is 11.3 Å². The van der Waals surface area contributed by atoms with Crippen LogP contribution in [-0.2, 0) is 5.41 Å². The van der Waals surface area contributed by atoms with Crippen LogP contribution in [0.5, 0.6) is 11.5 Å². The lowest BCUT2D eigenvalue weighted by Crippen LogP contribution is -2.12. The average Bonchev–Trinajstić information content (AvgIpc) is 3.62. The molecule has 5 heteroatoms. The van der Waals surface area contributed by atoms with E-state index < -0.39 is 0 Å². The molecule has 50 heavy (non-hydrogen) atoms. The maximum absolute atomic E-state index is 6.83. The van der Waals surface area contributed by atoms with Crippen molar-refractivity contribution >= 4 is 64.9 Å². The van der Waals surface area contributed by atoms with Gasteiger partial charge in [-0.3, -0.25) is 4.57 Å². The maximum atomic E-state index is 6.83. The van der Waals surface area contributed by atoms with Crippen LogP contribution in [0.25, 0.3) is 58.9 Å². The molecule has 0 amide bonds. The van der Waals surface area contributed by atoms with Gasteiger partial charge >= 0.3 is 0 Å². The zero-order chi connectivity index (χ0) is 34.9. The Bertz CT molecular complexity index is 2560. The molecule has 0 aliphatic carbocycles. The second-order valence-electron chi connectivity index (χ2n) is 15.0. The Morgan fingerprint density at radius 1 is 0.700 bits per heavy atom. The van der Waals surface area contributed by atoms with Crippen molar-refractivity contribution in [1.82, 2.24) is 9.55 Å². The van der Waals surface area contributed by atoms with Crippen LogP contribution in [0.4, 0.5) is 0 Å². The van der Waals surface area contributed by atoms with Crippen molar-refractivity contribution in [3.8, 4) is 28.4 Å². The Labute approximate surface area is 303 Å². The number of fused-ring (bicyclic) bond motifs is 7. The van der Waals surface area contributed by atoms with Crippen LogP contribution in [0.3, 0.4) is 0 Å². The summed E-state index contributed by atoms with van der Waals surface area (Å²) in [5, 5.41) is 5.63. The summed E-state index contributed by atoms with van der Waals surface area (Å²) in [4.78, 5) is 4.94. The SMILES string of the molecule is CC(C)c1cccc(C(C)C)c1-c1cc(Cl)cc(Oc2ccc3c4c5sc6ccccc6c5ccc4n(-c4cc(C(C)(C)C)ccn4)c3c2)c1. The number of halogens is 1. The van der Waals surface area contributed by atoms with Crippen LogP contribution in [0.2, 0.25) is 5.02 Å². The molecule has 3 nitrogen and oxygen atoms in total. The van der Waals surface area contributed by atoms with Gasteiger partial charge in [-0.05, 0) is 99.7 Å². The molecule has 8 rings (SSSR count). The first-order valence-corrected chi connectivity index (χ1v) is 18.6. The number of rotatable bonds is 6. The number of hydrogen-bond acceptors (Lipinski definition) is 3. The van der Waals surface area contributed by atoms with Crippen LogP contribution >= 0.6 is 22.9 Å². The van der Waals surface area contributed by atoms with E-state index in [1.165, 1.54) is 53.2 Å². The minimum Gasteiger partial charge on any atom is -0.457 e. The molecule has 5 aromatic carbocycles. The fraction of sp³-hybridized carbons (Fsp3) is 0.222. The maximum Gasteiger partial charge on any atom is 0.137 e. The fourth-order valence-corrected chi connectivity index (χ4v) is 8.85. The van der Waals surface area contributed by atoms with Crippen molar-refractivity contribution in [3.63, 3.8) is 0 Å². The van der Waals surface area contributed by atoms with E-state index in [0.29, 0.717) is 22.6 Å². The van der Waals surface area contributed by atoms with Crippen molar-refractivity contribution < 1.29 is 4.74 Å². The van der Waals surface area contributed by atoms with E-state index in [-0.39, 0.29) is 5.41 Å². The van der Waals surface area contributed by atoms with E-state index in [1.807, 2.05) is 23.6 Å². The standard InChI is InChI=1S/C45H41ClN2OS/c1-26(2)33-12-10-13-34(27(3)4)42(33)28-21-30(46)24-32(22-28)49-31-15-16-37-39(25-31)48(41-23-29(19-20-47-41)45(5,6)7)38-18-17-36-35-11-8-9-14-40(35)50-44(36)43(37)38/h8-27H,1-7H3. The molecule has 0 spiro atoms. The predicted octanol–water partition coefficient (Wildman–Crippen LogP) is 14.2. The van der Waals surface area contributed by atoms with Gasteiger partial charge in [0, 0.05) is 48.2 Å². The van der Waals surface area contributed by atoms with Crippen LogP contribution < -0.4 is 4.74 Å². The van der Waals surface area contributed by atoms with E-state index >= 15 is 0 Å². The van der Waals surface area contributed by atoms with E-state index in [0.717, 1.165) is 28.2 Å². The Morgan fingerprint density at radius 2 is 1.44 bits per heavy atom. The number of thiophene rings is 1. The van der Waals surface area contributed by atoms with Crippen molar-refractivity contribution in [3.05, 3.63) is 131 Å². The van der Waals surface area contributed by atoms with Crippen LogP contribution in [0, 0.1) is 0 Å². The highest BCUT2D eigenvalue weighted by molar-refractivity contribution is 7.26. The zero-order valence-electron chi connectivity index (χ0n) is 29.6. The van der Waals surface area contributed by atoms with Crippen LogP contribution in [0.15, 0.2) is 109 Å². The molecular weight excluding hydrogens is 652 g/mol. The molecule has 3 heterocycles. The smallest absolute Gasteiger partial charge is 0.137 e. The molecular formula is C45H41ClN2OS. The number of hydrogen-bond donors (Lipinski definition) is 0. The molecule has 250 valence electrons. The van der Waals surface area contributed by atoms with Crippen molar-refractivity contribution in [1.29, 1.82) is 0 Å². The minimum atomic E-state index is -0.0165. The van der Waals surface area contributed by atoms with Crippen LogP contribution in [-0.4, -0.2) is 9.55 Å².